The summed E-state index contributed by atoms with van der Waals surface area (Å²) in [6, 6.07) is 9.48. The van der Waals surface area contributed by atoms with Crippen molar-refractivity contribution >= 4 is 5.91 Å². The Bertz CT molecular complexity index is 557. The number of rotatable bonds is 2. The van der Waals surface area contributed by atoms with E-state index in [4.69, 9.17) is 0 Å². The summed E-state index contributed by atoms with van der Waals surface area (Å²) in [5.41, 5.74) is 3.05. The summed E-state index contributed by atoms with van der Waals surface area (Å²) < 4.78 is 0. The molecule has 0 spiro atoms. The van der Waals surface area contributed by atoms with Crippen LogP contribution in [-0.4, -0.2) is 41.9 Å². The number of benzene rings is 1. The summed E-state index contributed by atoms with van der Waals surface area (Å²) in [5, 5.41) is 0. The van der Waals surface area contributed by atoms with E-state index in [0.29, 0.717) is 17.9 Å². The molecule has 1 heterocycles. The van der Waals surface area contributed by atoms with E-state index < -0.39 is 0 Å². The third-order valence-corrected chi connectivity index (χ3v) is 6.12. The highest BCUT2D eigenvalue weighted by Gasteiger charge is 2.33. The molecule has 0 radical (unpaired) electrons. The third kappa shape index (κ3) is 3.03. The SMILES string of the molecule is O=C(C1CCCCC1)N1CCN(C2CCc3ccccc32)CC1. The van der Waals surface area contributed by atoms with E-state index in [9.17, 15) is 4.79 Å². The fraction of sp³-hybridized carbons (Fsp3) is 0.650. The van der Waals surface area contributed by atoms with Crippen LogP contribution in [0.2, 0.25) is 0 Å². The van der Waals surface area contributed by atoms with Crippen LogP contribution in [0.1, 0.15) is 55.7 Å². The lowest BCUT2D eigenvalue weighted by atomic mass is 9.88. The van der Waals surface area contributed by atoms with Gasteiger partial charge in [0.05, 0.1) is 0 Å². The molecule has 2 fully saturated rings. The quantitative estimate of drug-likeness (QED) is 0.835. The first-order valence-electron chi connectivity index (χ1n) is 9.43. The molecule has 1 aromatic carbocycles. The lowest BCUT2D eigenvalue weighted by Gasteiger charge is -2.40. The maximum absolute atomic E-state index is 12.7. The normalized spacial score (nSPS) is 26.3. The van der Waals surface area contributed by atoms with E-state index in [2.05, 4.69) is 34.1 Å². The van der Waals surface area contributed by atoms with Gasteiger partial charge in [-0.05, 0) is 36.8 Å². The van der Waals surface area contributed by atoms with Gasteiger partial charge in [-0.15, -0.1) is 0 Å². The Labute approximate surface area is 139 Å². The molecule has 0 bridgehead atoms. The maximum Gasteiger partial charge on any atom is 0.225 e. The molecule has 4 rings (SSSR count). The highest BCUT2D eigenvalue weighted by atomic mass is 16.2. The van der Waals surface area contributed by atoms with Crippen LogP contribution < -0.4 is 0 Å². The number of fused-ring (bicyclic) bond motifs is 1. The predicted molar refractivity (Wildman–Crippen MR) is 92.2 cm³/mol. The summed E-state index contributed by atoms with van der Waals surface area (Å²) >= 11 is 0. The molecule has 1 aliphatic heterocycles. The molecule has 1 amide bonds. The van der Waals surface area contributed by atoms with Crippen molar-refractivity contribution in [2.75, 3.05) is 26.2 Å². The first-order valence-corrected chi connectivity index (χ1v) is 9.43. The molecule has 1 unspecified atom stereocenters. The van der Waals surface area contributed by atoms with E-state index in [1.165, 1.54) is 43.2 Å². The van der Waals surface area contributed by atoms with Gasteiger partial charge in [0.1, 0.15) is 0 Å². The lowest BCUT2D eigenvalue weighted by molar-refractivity contribution is -0.138. The second-order valence-electron chi connectivity index (χ2n) is 7.45. The van der Waals surface area contributed by atoms with Crippen molar-refractivity contribution in [2.45, 2.75) is 51.0 Å². The number of piperazine rings is 1. The number of carbonyl (C=O) groups is 1. The van der Waals surface area contributed by atoms with Crippen LogP contribution in [0.4, 0.5) is 0 Å². The first kappa shape index (κ1) is 15.2. The molecule has 23 heavy (non-hydrogen) atoms. The summed E-state index contributed by atoms with van der Waals surface area (Å²) in [4.78, 5) is 17.4. The minimum absolute atomic E-state index is 0.322. The van der Waals surface area contributed by atoms with Crippen LogP contribution in [0.5, 0.6) is 0 Å². The van der Waals surface area contributed by atoms with Gasteiger partial charge in [-0.3, -0.25) is 9.69 Å². The average molecular weight is 312 g/mol. The minimum atomic E-state index is 0.322. The molecule has 3 aliphatic rings. The number of aryl methyl sites for hydroxylation is 1. The smallest absolute Gasteiger partial charge is 0.225 e. The van der Waals surface area contributed by atoms with E-state index in [0.717, 1.165) is 39.0 Å². The molecule has 2 aliphatic carbocycles. The molecule has 1 atom stereocenters. The number of hydrogen-bond acceptors (Lipinski definition) is 2. The molecule has 1 saturated heterocycles. The highest BCUT2D eigenvalue weighted by molar-refractivity contribution is 5.79. The number of carbonyl (C=O) groups excluding carboxylic acids is 1. The van der Waals surface area contributed by atoms with Crippen LogP contribution in [0.25, 0.3) is 0 Å². The Hall–Kier alpha value is -1.35. The van der Waals surface area contributed by atoms with E-state index in [1.54, 1.807) is 0 Å². The van der Waals surface area contributed by atoms with Crippen molar-refractivity contribution in [2.24, 2.45) is 5.92 Å². The zero-order chi connectivity index (χ0) is 15.6. The van der Waals surface area contributed by atoms with Crippen LogP contribution in [-0.2, 0) is 11.2 Å². The molecule has 0 N–H and O–H groups in total. The Morgan fingerprint density at radius 1 is 0.913 bits per heavy atom. The lowest BCUT2D eigenvalue weighted by Crippen LogP contribution is -2.51. The molecule has 124 valence electrons. The number of amides is 1. The van der Waals surface area contributed by atoms with Gasteiger partial charge in [0, 0.05) is 38.1 Å². The Morgan fingerprint density at radius 2 is 1.65 bits per heavy atom. The first-order chi connectivity index (χ1) is 11.3. The second-order valence-corrected chi connectivity index (χ2v) is 7.45. The largest absolute Gasteiger partial charge is 0.340 e. The third-order valence-electron chi connectivity index (χ3n) is 6.12. The number of hydrogen-bond donors (Lipinski definition) is 0. The van der Waals surface area contributed by atoms with Gasteiger partial charge in [-0.2, -0.15) is 0 Å². The fourth-order valence-corrected chi connectivity index (χ4v) is 4.78. The van der Waals surface area contributed by atoms with Gasteiger partial charge in [0.25, 0.3) is 0 Å². The molecule has 1 aromatic rings. The molecule has 3 heteroatoms. The maximum atomic E-state index is 12.7. The Kier molecular flexibility index (Phi) is 4.39. The monoisotopic (exact) mass is 312 g/mol. The van der Waals surface area contributed by atoms with Gasteiger partial charge in [0.15, 0.2) is 0 Å². The van der Waals surface area contributed by atoms with Gasteiger partial charge >= 0.3 is 0 Å². The van der Waals surface area contributed by atoms with Crippen LogP contribution in [0.3, 0.4) is 0 Å². The van der Waals surface area contributed by atoms with Crippen molar-refractivity contribution in [3.05, 3.63) is 35.4 Å². The van der Waals surface area contributed by atoms with Gasteiger partial charge < -0.3 is 4.90 Å². The van der Waals surface area contributed by atoms with E-state index >= 15 is 0 Å². The summed E-state index contributed by atoms with van der Waals surface area (Å²) in [6.45, 7) is 3.93. The van der Waals surface area contributed by atoms with Crippen LogP contribution in [0.15, 0.2) is 24.3 Å². The minimum Gasteiger partial charge on any atom is -0.340 e. The van der Waals surface area contributed by atoms with Crippen LogP contribution in [0, 0.1) is 5.92 Å². The van der Waals surface area contributed by atoms with Gasteiger partial charge in [-0.1, -0.05) is 43.5 Å². The zero-order valence-electron chi connectivity index (χ0n) is 14.0. The zero-order valence-corrected chi connectivity index (χ0v) is 14.0. The van der Waals surface area contributed by atoms with Gasteiger partial charge in [-0.25, -0.2) is 0 Å². The summed E-state index contributed by atoms with van der Waals surface area (Å²) in [5.74, 6) is 0.763. The van der Waals surface area contributed by atoms with Crippen molar-refractivity contribution < 1.29 is 4.79 Å². The second kappa shape index (κ2) is 6.64. The molecular formula is C20H28N2O. The molecule has 3 nitrogen and oxygen atoms in total. The fourth-order valence-electron chi connectivity index (χ4n) is 4.78. The van der Waals surface area contributed by atoms with Crippen molar-refractivity contribution in [1.82, 2.24) is 9.80 Å². The standard InChI is InChI=1S/C20H28N2O/c23-20(17-7-2-1-3-8-17)22-14-12-21(13-15-22)19-11-10-16-6-4-5-9-18(16)19/h4-6,9,17,19H,1-3,7-8,10-15H2. The predicted octanol–water partition coefficient (Wildman–Crippen LogP) is 3.40. The molecule has 1 saturated carbocycles. The van der Waals surface area contributed by atoms with Crippen LogP contribution >= 0.6 is 0 Å². The van der Waals surface area contributed by atoms with Gasteiger partial charge in [0.2, 0.25) is 5.91 Å². The topological polar surface area (TPSA) is 23.6 Å². The summed E-state index contributed by atoms with van der Waals surface area (Å²) in [7, 11) is 0. The van der Waals surface area contributed by atoms with Crippen molar-refractivity contribution in [3.8, 4) is 0 Å². The highest BCUT2D eigenvalue weighted by Crippen LogP contribution is 2.36. The van der Waals surface area contributed by atoms with E-state index in [-0.39, 0.29) is 0 Å². The average Bonchev–Trinajstić information content (AvgIpc) is 3.06. The Balaban J connectivity index is 1.35. The summed E-state index contributed by atoms with van der Waals surface area (Å²) in [6.07, 6.45) is 8.51. The number of nitrogens with zero attached hydrogens (tertiary/aromatic N) is 2. The van der Waals surface area contributed by atoms with Crippen molar-refractivity contribution in [1.29, 1.82) is 0 Å². The van der Waals surface area contributed by atoms with E-state index in [1.807, 2.05) is 0 Å². The Morgan fingerprint density at radius 3 is 2.43 bits per heavy atom. The van der Waals surface area contributed by atoms with Crippen molar-refractivity contribution in [3.63, 3.8) is 0 Å². The molecular weight excluding hydrogens is 284 g/mol. The molecule has 0 aromatic heterocycles.